The smallest absolute Gasteiger partial charge is 0.237 e. The van der Waals surface area contributed by atoms with Crippen molar-refractivity contribution in [2.24, 2.45) is 0 Å². The van der Waals surface area contributed by atoms with Crippen LogP contribution in [0.15, 0.2) is 17.5 Å². The number of carbonyl (C=O) groups excluding carboxylic acids is 2. The third-order valence-corrected chi connectivity index (χ3v) is 6.34. The predicted octanol–water partition coefficient (Wildman–Crippen LogP) is 1.04. The maximum absolute atomic E-state index is 12.4. The maximum atomic E-state index is 12.4. The summed E-state index contributed by atoms with van der Waals surface area (Å²) in [4.78, 5) is 32.4. The number of rotatable bonds is 7. The summed E-state index contributed by atoms with van der Waals surface area (Å²) in [6.45, 7) is 8.41. The molecule has 2 saturated heterocycles. The van der Waals surface area contributed by atoms with Crippen molar-refractivity contribution in [1.82, 2.24) is 20.0 Å². The number of hydrogen-bond acceptors (Lipinski definition) is 5. The monoisotopic (exact) mass is 378 g/mol. The molecule has 2 amide bonds. The highest BCUT2D eigenvalue weighted by Gasteiger charge is 2.27. The molecule has 0 saturated carbocycles. The molecule has 7 heteroatoms. The van der Waals surface area contributed by atoms with Crippen molar-refractivity contribution >= 4 is 23.2 Å². The maximum Gasteiger partial charge on any atom is 0.237 e. The van der Waals surface area contributed by atoms with Gasteiger partial charge in [-0.05, 0) is 37.6 Å². The second kappa shape index (κ2) is 9.48. The molecule has 0 radical (unpaired) electrons. The second-order valence-electron chi connectivity index (χ2n) is 7.20. The molecular formula is C19H30N4O2S. The number of carbonyl (C=O) groups is 2. The minimum absolute atomic E-state index is 0.100. The summed E-state index contributed by atoms with van der Waals surface area (Å²) in [5, 5.41) is 5.11. The lowest BCUT2D eigenvalue weighted by molar-refractivity contribution is -0.133. The Bertz CT molecular complexity index is 578. The SMILES string of the molecule is CC(C(=O)NCCc1cccs1)N1CCN(CC(=O)N2CCCC2)CC1. The molecule has 0 spiro atoms. The fraction of sp³-hybridized carbons (Fsp3) is 0.684. The summed E-state index contributed by atoms with van der Waals surface area (Å²) in [5.74, 6) is 0.360. The first kappa shape index (κ1) is 19.3. The van der Waals surface area contributed by atoms with Crippen molar-refractivity contribution in [3.8, 4) is 0 Å². The Balaban J connectivity index is 1.35. The Morgan fingerprint density at radius 2 is 1.88 bits per heavy atom. The lowest BCUT2D eigenvalue weighted by Crippen LogP contribution is -2.55. The summed E-state index contributed by atoms with van der Waals surface area (Å²) in [6.07, 6.45) is 3.17. The summed E-state index contributed by atoms with van der Waals surface area (Å²) in [6, 6.07) is 4.02. The molecule has 0 aromatic carbocycles. The van der Waals surface area contributed by atoms with Crippen LogP contribution in [0.3, 0.4) is 0 Å². The second-order valence-corrected chi connectivity index (χ2v) is 8.23. The van der Waals surface area contributed by atoms with Crippen LogP contribution < -0.4 is 5.32 Å². The van der Waals surface area contributed by atoms with Crippen molar-refractivity contribution in [2.45, 2.75) is 32.2 Å². The van der Waals surface area contributed by atoms with Crippen LogP contribution in [0, 0.1) is 0 Å². The van der Waals surface area contributed by atoms with Crippen LogP contribution in [0.5, 0.6) is 0 Å². The molecule has 2 fully saturated rings. The van der Waals surface area contributed by atoms with Crippen LogP contribution >= 0.6 is 11.3 Å². The summed E-state index contributed by atoms with van der Waals surface area (Å²) < 4.78 is 0. The molecule has 2 aliphatic heterocycles. The molecule has 1 aromatic heterocycles. The highest BCUT2D eigenvalue weighted by molar-refractivity contribution is 7.09. The van der Waals surface area contributed by atoms with Crippen molar-refractivity contribution in [3.63, 3.8) is 0 Å². The zero-order valence-corrected chi connectivity index (χ0v) is 16.5. The number of likely N-dealkylation sites (tertiary alicyclic amines) is 1. The van der Waals surface area contributed by atoms with E-state index in [1.807, 2.05) is 17.9 Å². The first-order valence-electron chi connectivity index (χ1n) is 9.68. The molecule has 144 valence electrons. The van der Waals surface area contributed by atoms with Crippen LogP contribution in [0.1, 0.15) is 24.6 Å². The van der Waals surface area contributed by atoms with Gasteiger partial charge in [-0.1, -0.05) is 6.07 Å². The van der Waals surface area contributed by atoms with E-state index in [0.717, 1.165) is 58.5 Å². The average Bonchev–Trinajstić information content (AvgIpc) is 3.35. The Labute approximate surface area is 160 Å². The Hall–Kier alpha value is -1.44. The summed E-state index contributed by atoms with van der Waals surface area (Å²) in [7, 11) is 0. The normalized spacial score (nSPS) is 20.3. The fourth-order valence-corrected chi connectivity index (χ4v) is 4.35. The number of thiophene rings is 1. The standard InChI is InChI=1S/C19H30N4O2S/c1-16(19(25)20-7-6-17-5-4-14-26-17)22-12-10-21(11-13-22)15-18(24)23-8-2-3-9-23/h4-5,14,16H,2-3,6-13,15H2,1H3,(H,20,25). The highest BCUT2D eigenvalue weighted by atomic mass is 32.1. The predicted molar refractivity (Wildman–Crippen MR) is 104 cm³/mol. The molecule has 6 nitrogen and oxygen atoms in total. The van der Waals surface area contributed by atoms with E-state index in [1.54, 1.807) is 11.3 Å². The number of piperazine rings is 1. The first-order chi connectivity index (χ1) is 12.6. The number of hydrogen-bond donors (Lipinski definition) is 1. The summed E-state index contributed by atoms with van der Waals surface area (Å²) >= 11 is 1.73. The van der Waals surface area contributed by atoms with E-state index in [1.165, 1.54) is 4.88 Å². The van der Waals surface area contributed by atoms with Crippen LogP contribution in [0.25, 0.3) is 0 Å². The van der Waals surface area contributed by atoms with E-state index >= 15 is 0 Å². The number of nitrogens with zero attached hydrogens (tertiary/aromatic N) is 3. The minimum atomic E-state index is -0.116. The van der Waals surface area contributed by atoms with Crippen molar-refractivity contribution in [1.29, 1.82) is 0 Å². The van der Waals surface area contributed by atoms with E-state index in [2.05, 4.69) is 26.6 Å². The van der Waals surface area contributed by atoms with Gasteiger partial charge in [-0.15, -0.1) is 11.3 Å². The van der Waals surface area contributed by atoms with E-state index in [9.17, 15) is 9.59 Å². The van der Waals surface area contributed by atoms with Gasteiger partial charge in [0.1, 0.15) is 0 Å². The van der Waals surface area contributed by atoms with Crippen molar-refractivity contribution in [3.05, 3.63) is 22.4 Å². The van der Waals surface area contributed by atoms with E-state index in [-0.39, 0.29) is 17.9 Å². The van der Waals surface area contributed by atoms with Gasteiger partial charge >= 0.3 is 0 Å². The van der Waals surface area contributed by atoms with E-state index in [0.29, 0.717) is 13.1 Å². The van der Waals surface area contributed by atoms with Gasteiger partial charge in [-0.2, -0.15) is 0 Å². The minimum Gasteiger partial charge on any atom is -0.354 e. The van der Waals surface area contributed by atoms with Crippen LogP contribution in [-0.2, 0) is 16.0 Å². The molecule has 2 aliphatic rings. The van der Waals surface area contributed by atoms with Gasteiger partial charge in [0.05, 0.1) is 12.6 Å². The molecule has 0 aliphatic carbocycles. The Morgan fingerprint density at radius 1 is 1.15 bits per heavy atom. The van der Waals surface area contributed by atoms with Gasteiger partial charge in [-0.25, -0.2) is 0 Å². The van der Waals surface area contributed by atoms with E-state index < -0.39 is 0 Å². The molecular weight excluding hydrogens is 348 g/mol. The van der Waals surface area contributed by atoms with Gasteiger partial charge < -0.3 is 10.2 Å². The lowest BCUT2D eigenvalue weighted by atomic mass is 10.2. The summed E-state index contributed by atoms with van der Waals surface area (Å²) in [5.41, 5.74) is 0. The largest absolute Gasteiger partial charge is 0.354 e. The average molecular weight is 379 g/mol. The lowest BCUT2D eigenvalue weighted by Gasteiger charge is -2.37. The molecule has 1 N–H and O–H groups in total. The zero-order chi connectivity index (χ0) is 18.4. The van der Waals surface area contributed by atoms with Gasteiger partial charge in [0.25, 0.3) is 0 Å². The number of nitrogens with one attached hydrogen (secondary N) is 1. The topological polar surface area (TPSA) is 55.9 Å². The third kappa shape index (κ3) is 5.28. The Morgan fingerprint density at radius 3 is 2.54 bits per heavy atom. The van der Waals surface area contributed by atoms with E-state index in [4.69, 9.17) is 0 Å². The number of amides is 2. The van der Waals surface area contributed by atoms with Crippen LogP contribution in [0.4, 0.5) is 0 Å². The quantitative estimate of drug-likeness (QED) is 0.770. The molecule has 26 heavy (non-hydrogen) atoms. The van der Waals surface area contributed by atoms with Crippen LogP contribution in [-0.4, -0.2) is 84.9 Å². The zero-order valence-electron chi connectivity index (χ0n) is 15.7. The Kier molecular flexibility index (Phi) is 7.05. The molecule has 1 atom stereocenters. The van der Waals surface area contributed by atoms with Gasteiger partial charge in [-0.3, -0.25) is 19.4 Å². The third-order valence-electron chi connectivity index (χ3n) is 5.40. The molecule has 1 aromatic rings. The van der Waals surface area contributed by atoms with Crippen molar-refractivity contribution < 1.29 is 9.59 Å². The first-order valence-corrected chi connectivity index (χ1v) is 10.6. The van der Waals surface area contributed by atoms with Crippen molar-refractivity contribution in [2.75, 3.05) is 52.4 Å². The van der Waals surface area contributed by atoms with Gasteiger partial charge in [0, 0.05) is 50.7 Å². The van der Waals surface area contributed by atoms with Gasteiger partial charge in [0.15, 0.2) is 0 Å². The molecule has 3 heterocycles. The molecule has 0 bridgehead atoms. The fourth-order valence-electron chi connectivity index (χ4n) is 3.64. The molecule has 3 rings (SSSR count). The highest BCUT2D eigenvalue weighted by Crippen LogP contribution is 2.11. The molecule has 1 unspecified atom stereocenters. The van der Waals surface area contributed by atoms with Gasteiger partial charge in [0.2, 0.25) is 11.8 Å². The van der Waals surface area contributed by atoms with Crippen LogP contribution in [0.2, 0.25) is 0 Å².